The first kappa shape index (κ1) is 28.2. The molecule has 5 nitrogen and oxygen atoms in total. The molecule has 0 amide bonds. The summed E-state index contributed by atoms with van der Waals surface area (Å²) in [5, 5.41) is 4.69. The summed E-state index contributed by atoms with van der Waals surface area (Å²) in [5.41, 5.74) is 15.0. The number of aliphatic imine (C=N–C) groups is 2. The third-order valence-corrected chi connectivity index (χ3v) is 8.61. The minimum Gasteiger partial charge on any atom is -0.383 e. The summed E-state index contributed by atoms with van der Waals surface area (Å²) in [6.07, 6.45) is 3.81. The van der Waals surface area contributed by atoms with Crippen LogP contribution >= 0.6 is 0 Å². The molecule has 0 aliphatic carbocycles. The molecule has 0 aliphatic rings. The van der Waals surface area contributed by atoms with Crippen LogP contribution in [-0.4, -0.2) is 21.2 Å². The second kappa shape index (κ2) is 12.2. The lowest BCUT2D eigenvalue weighted by Crippen LogP contribution is -2.16. The summed E-state index contributed by atoms with van der Waals surface area (Å²) in [5.74, 6) is 1.03. The zero-order valence-corrected chi connectivity index (χ0v) is 25.7. The second-order valence-corrected chi connectivity index (χ2v) is 11.5. The molecule has 0 atom stereocenters. The van der Waals surface area contributed by atoms with Gasteiger partial charge >= 0.3 is 0 Å². The Balaban J connectivity index is 1.22. The molecule has 0 aliphatic heterocycles. The van der Waals surface area contributed by atoms with Gasteiger partial charge in [0.15, 0.2) is 5.84 Å². The quantitative estimate of drug-likeness (QED) is 0.152. The number of amidine groups is 2. The van der Waals surface area contributed by atoms with E-state index in [1.165, 1.54) is 16.2 Å². The summed E-state index contributed by atoms with van der Waals surface area (Å²) in [6, 6.07) is 52.2. The van der Waals surface area contributed by atoms with Crippen LogP contribution in [0.25, 0.3) is 49.4 Å². The van der Waals surface area contributed by atoms with Crippen LogP contribution in [-0.2, 0) is 6.54 Å². The molecule has 2 N–H and O–H groups in total. The predicted octanol–water partition coefficient (Wildman–Crippen LogP) is 9.35. The summed E-state index contributed by atoms with van der Waals surface area (Å²) in [4.78, 5) is 14.3. The number of aromatic nitrogens is 2. The van der Waals surface area contributed by atoms with Crippen LogP contribution in [0.1, 0.15) is 16.7 Å². The number of nitrogens with two attached hydrogens (primary N) is 1. The van der Waals surface area contributed by atoms with Gasteiger partial charge in [-0.15, -0.1) is 0 Å². The van der Waals surface area contributed by atoms with Gasteiger partial charge in [0.05, 0.1) is 17.6 Å². The van der Waals surface area contributed by atoms with Gasteiger partial charge < -0.3 is 10.3 Å². The molecule has 6 aromatic carbocycles. The van der Waals surface area contributed by atoms with Crippen molar-refractivity contribution in [1.29, 1.82) is 0 Å². The van der Waals surface area contributed by atoms with Crippen molar-refractivity contribution in [3.63, 3.8) is 0 Å². The number of nitrogens with zero attached hydrogens (tertiary/aromatic N) is 4. The lowest BCUT2D eigenvalue weighted by molar-refractivity contribution is 1.07. The maximum atomic E-state index is 6.48. The average molecular weight is 606 g/mol. The molecule has 0 saturated carbocycles. The zero-order chi connectivity index (χ0) is 31.6. The van der Waals surface area contributed by atoms with E-state index < -0.39 is 0 Å². The molecule has 47 heavy (non-hydrogen) atoms. The van der Waals surface area contributed by atoms with Gasteiger partial charge in [0, 0.05) is 40.0 Å². The first-order valence-corrected chi connectivity index (χ1v) is 15.7. The maximum absolute atomic E-state index is 6.48. The molecule has 2 heterocycles. The van der Waals surface area contributed by atoms with Crippen molar-refractivity contribution >= 4 is 44.2 Å². The van der Waals surface area contributed by atoms with E-state index in [2.05, 4.69) is 101 Å². The molecule has 8 rings (SSSR count). The maximum Gasteiger partial charge on any atom is 0.157 e. The SMILES string of the molecule is N/C(=N\C(=N/Cc1cc2ccccc2cc1-c1ccc(-n2c3ccccc3c3cnccc32)cc1)c1ccccc1)c1ccccc1. The highest BCUT2D eigenvalue weighted by Crippen LogP contribution is 2.34. The van der Waals surface area contributed by atoms with Crippen molar-refractivity contribution in [3.8, 4) is 16.8 Å². The number of hydrogen-bond acceptors (Lipinski definition) is 2. The minimum atomic E-state index is 0.434. The van der Waals surface area contributed by atoms with Crippen molar-refractivity contribution in [2.45, 2.75) is 6.54 Å². The number of para-hydroxylation sites is 1. The molecule has 5 heteroatoms. The van der Waals surface area contributed by atoms with Gasteiger partial charge in [-0.2, -0.15) is 0 Å². The standard InChI is InChI=1S/C42H31N5/c43-41(30-11-3-1-4-12-30)46-42(31-13-5-2-6-14-31)45-27-34-25-32-15-7-8-16-33(32)26-37(34)29-19-21-35(22-20-29)47-39-18-10-9-17-36(39)38-28-44-24-23-40(38)47/h1-26,28H,27H2,(H2,43,45,46). The minimum absolute atomic E-state index is 0.434. The Labute approximate surface area is 273 Å². The second-order valence-electron chi connectivity index (χ2n) is 11.5. The van der Waals surface area contributed by atoms with Crippen molar-refractivity contribution in [1.82, 2.24) is 9.55 Å². The topological polar surface area (TPSA) is 68.6 Å². The highest BCUT2D eigenvalue weighted by atomic mass is 15.0. The smallest absolute Gasteiger partial charge is 0.157 e. The van der Waals surface area contributed by atoms with Gasteiger partial charge in [-0.3, -0.25) is 9.98 Å². The molecule has 2 aromatic heterocycles. The van der Waals surface area contributed by atoms with E-state index in [9.17, 15) is 0 Å². The monoisotopic (exact) mass is 605 g/mol. The number of fused-ring (bicyclic) bond motifs is 4. The molecule has 224 valence electrons. The molecule has 0 spiro atoms. The van der Waals surface area contributed by atoms with Crippen LogP contribution in [0.2, 0.25) is 0 Å². The normalized spacial score (nSPS) is 12.3. The van der Waals surface area contributed by atoms with Gasteiger partial charge in [0.1, 0.15) is 5.84 Å². The number of hydrogen-bond donors (Lipinski definition) is 1. The van der Waals surface area contributed by atoms with E-state index in [0.717, 1.165) is 49.9 Å². The van der Waals surface area contributed by atoms with Crippen LogP contribution in [0, 0.1) is 0 Å². The summed E-state index contributed by atoms with van der Waals surface area (Å²) < 4.78 is 2.31. The first-order chi connectivity index (χ1) is 23.2. The van der Waals surface area contributed by atoms with Crippen LogP contribution < -0.4 is 5.73 Å². The molecule has 0 radical (unpaired) electrons. The predicted molar refractivity (Wildman–Crippen MR) is 195 cm³/mol. The molecule has 0 bridgehead atoms. The Bertz CT molecular complexity index is 2370. The van der Waals surface area contributed by atoms with Gasteiger partial charge in [-0.05, 0) is 63.9 Å². The fraction of sp³-hybridized carbons (Fsp3) is 0.0238. The van der Waals surface area contributed by atoms with Crippen molar-refractivity contribution in [3.05, 3.63) is 181 Å². The third-order valence-electron chi connectivity index (χ3n) is 8.61. The molecule has 0 saturated heterocycles. The summed E-state index contributed by atoms with van der Waals surface area (Å²) >= 11 is 0. The van der Waals surface area contributed by atoms with Crippen LogP contribution in [0.4, 0.5) is 0 Å². The first-order valence-electron chi connectivity index (χ1n) is 15.7. The lowest BCUT2D eigenvalue weighted by Gasteiger charge is -2.13. The Morgan fingerprint density at radius 1 is 0.617 bits per heavy atom. The van der Waals surface area contributed by atoms with Crippen molar-refractivity contribution in [2.75, 3.05) is 0 Å². The fourth-order valence-corrected chi connectivity index (χ4v) is 6.30. The van der Waals surface area contributed by atoms with Crippen LogP contribution in [0.15, 0.2) is 174 Å². The van der Waals surface area contributed by atoms with E-state index in [-0.39, 0.29) is 0 Å². The van der Waals surface area contributed by atoms with Gasteiger partial charge in [-0.1, -0.05) is 115 Å². The third kappa shape index (κ3) is 5.45. The van der Waals surface area contributed by atoms with E-state index in [0.29, 0.717) is 18.2 Å². The lowest BCUT2D eigenvalue weighted by atomic mass is 9.95. The number of rotatable bonds is 6. The van der Waals surface area contributed by atoms with E-state index >= 15 is 0 Å². The van der Waals surface area contributed by atoms with E-state index in [4.69, 9.17) is 15.7 Å². The Hall–Kier alpha value is -6.33. The number of benzene rings is 6. The molecule has 0 unspecified atom stereocenters. The average Bonchev–Trinajstić information content (AvgIpc) is 3.48. The highest BCUT2D eigenvalue weighted by Gasteiger charge is 2.14. The van der Waals surface area contributed by atoms with E-state index in [1.807, 2.05) is 73.1 Å². The van der Waals surface area contributed by atoms with Crippen molar-refractivity contribution < 1.29 is 0 Å². The molecule has 8 aromatic rings. The highest BCUT2D eigenvalue weighted by molar-refractivity contribution is 6.11. The Kier molecular flexibility index (Phi) is 7.32. The van der Waals surface area contributed by atoms with Gasteiger partial charge in [0.25, 0.3) is 0 Å². The zero-order valence-electron chi connectivity index (χ0n) is 25.7. The van der Waals surface area contributed by atoms with Crippen molar-refractivity contribution in [2.24, 2.45) is 15.7 Å². The summed E-state index contributed by atoms with van der Waals surface area (Å²) in [6.45, 7) is 0.442. The molecular weight excluding hydrogens is 574 g/mol. The Morgan fingerprint density at radius 3 is 2.02 bits per heavy atom. The molecular formula is C42H31N5. The van der Waals surface area contributed by atoms with Gasteiger partial charge in [-0.25, -0.2) is 4.99 Å². The molecule has 0 fully saturated rings. The van der Waals surface area contributed by atoms with Crippen LogP contribution in [0.3, 0.4) is 0 Å². The van der Waals surface area contributed by atoms with Gasteiger partial charge in [0.2, 0.25) is 0 Å². The fourth-order valence-electron chi connectivity index (χ4n) is 6.30. The van der Waals surface area contributed by atoms with Crippen LogP contribution in [0.5, 0.6) is 0 Å². The largest absolute Gasteiger partial charge is 0.383 e. The Morgan fingerprint density at radius 2 is 1.26 bits per heavy atom. The summed E-state index contributed by atoms with van der Waals surface area (Å²) in [7, 11) is 0. The number of pyridine rings is 1. The van der Waals surface area contributed by atoms with E-state index in [1.54, 1.807) is 0 Å².